The highest BCUT2D eigenvalue weighted by atomic mass is 32.1. The quantitative estimate of drug-likeness (QED) is 0.378. The van der Waals surface area contributed by atoms with Crippen molar-refractivity contribution in [2.75, 3.05) is 30.9 Å². The van der Waals surface area contributed by atoms with E-state index < -0.39 is 0 Å². The Hall–Kier alpha value is -2.74. The number of anilines is 2. The second kappa shape index (κ2) is 8.89. The maximum atomic E-state index is 13.2. The molecule has 1 amide bonds. The summed E-state index contributed by atoms with van der Waals surface area (Å²) in [6.07, 6.45) is 0.975. The first-order valence-corrected chi connectivity index (χ1v) is 12.9. The fourth-order valence-corrected chi connectivity index (χ4v) is 6.62. The molecule has 0 aliphatic carbocycles. The molecule has 33 heavy (non-hydrogen) atoms. The Morgan fingerprint density at radius 1 is 1.09 bits per heavy atom. The molecule has 2 aromatic carbocycles. The Morgan fingerprint density at radius 2 is 1.85 bits per heavy atom. The van der Waals surface area contributed by atoms with Crippen molar-refractivity contribution < 1.29 is 4.79 Å². The van der Waals surface area contributed by atoms with E-state index in [1.165, 1.54) is 15.1 Å². The summed E-state index contributed by atoms with van der Waals surface area (Å²) in [4.78, 5) is 24.0. The second-order valence-electron chi connectivity index (χ2n) is 8.90. The SMILES string of the molecule is CC(C)N1CCc2c(sc(NC(=O)c3ccc(N(C)C)cc3)c2-c2nc3ccccc3s2)C1. The van der Waals surface area contributed by atoms with Crippen LogP contribution in [-0.4, -0.2) is 42.5 Å². The van der Waals surface area contributed by atoms with E-state index in [0.717, 1.165) is 46.3 Å². The number of aromatic nitrogens is 1. The van der Waals surface area contributed by atoms with Gasteiger partial charge in [0.2, 0.25) is 0 Å². The molecule has 1 N–H and O–H groups in total. The minimum Gasteiger partial charge on any atom is -0.378 e. The van der Waals surface area contributed by atoms with Crippen LogP contribution in [0.5, 0.6) is 0 Å². The van der Waals surface area contributed by atoms with Crippen molar-refractivity contribution in [1.29, 1.82) is 0 Å². The topological polar surface area (TPSA) is 48.5 Å². The van der Waals surface area contributed by atoms with E-state index in [1.807, 2.05) is 55.4 Å². The molecule has 4 aromatic rings. The summed E-state index contributed by atoms with van der Waals surface area (Å²) in [5.74, 6) is -0.0815. The molecule has 0 saturated carbocycles. The zero-order chi connectivity index (χ0) is 23.1. The number of thiazole rings is 1. The molecule has 0 bridgehead atoms. The predicted octanol–water partition coefficient (Wildman–Crippen LogP) is 6.11. The molecule has 0 radical (unpaired) electrons. The van der Waals surface area contributed by atoms with Gasteiger partial charge in [0.25, 0.3) is 5.91 Å². The molecule has 5 nitrogen and oxygen atoms in total. The number of rotatable bonds is 5. The summed E-state index contributed by atoms with van der Waals surface area (Å²) < 4.78 is 1.17. The first kappa shape index (κ1) is 22.1. The largest absolute Gasteiger partial charge is 0.378 e. The van der Waals surface area contributed by atoms with Gasteiger partial charge >= 0.3 is 0 Å². The van der Waals surface area contributed by atoms with Crippen molar-refractivity contribution in [3.05, 3.63) is 64.5 Å². The number of amides is 1. The average molecular weight is 477 g/mol. The highest BCUT2D eigenvalue weighted by molar-refractivity contribution is 7.23. The summed E-state index contributed by atoms with van der Waals surface area (Å²) in [6, 6.07) is 16.5. The highest BCUT2D eigenvalue weighted by Gasteiger charge is 2.28. The van der Waals surface area contributed by atoms with Gasteiger partial charge in [-0.2, -0.15) is 0 Å². The molecule has 2 aromatic heterocycles. The number of nitrogens with one attached hydrogen (secondary N) is 1. The number of hydrogen-bond donors (Lipinski definition) is 1. The molecule has 1 aliphatic rings. The molecule has 5 rings (SSSR count). The first-order valence-electron chi connectivity index (χ1n) is 11.2. The van der Waals surface area contributed by atoms with Crippen LogP contribution in [0.15, 0.2) is 48.5 Å². The van der Waals surface area contributed by atoms with Crippen molar-refractivity contribution in [3.8, 4) is 10.6 Å². The van der Waals surface area contributed by atoms with E-state index in [9.17, 15) is 4.79 Å². The van der Waals surface area contributed by atoms with Gasteiger partial charge in [0.15, 0.2) is 0 Å². The molecule has 0 saturated heterocycles. The number of para-hydroxylation sites is 1. The van der Waals surface area contributed by atoms with E-state index in [0.29, 0.717) is 11.6 Å². The number of thiophene rings is 1. The summed E-state index contributed by atoms with van der Waals surface area (Å²) in [5, 5.41) is 5.13. The molecular weight excluding hydrogens is 448 g/mol. The molecule has 0 fully saturated rings. The lowest BCUT2D eigenvalue weighted by atomic mass is 10.0. The molecule has 7 heteroatoms. The van der Waals surface area contributed by atoms with Crippen molar-refractivity contribution >= 4 is 49.5 Å². The minimum atomic E-state index is -0.0815. The fraction of sp³-hybridized carbons (Fsp3) is 0.308. The molecular formula is C26H28N4OS2. The zero-order valence-electron chi connectivity index (χ0n) is 19.4. The van der Waals surface area contributed by atoms with Gasteiger partial charge < -0.3 is 10.2 Å². The summed E-state index contributed by atoms with van der Waals surface area (Å²) >= 11 is 3.41. The Kier molecular flexibility index (Phi) is 5.95. The van der Waals surface area contributed by atoms with Crippen molar-refractivity contribution in [1.82, 2.24) is 9.88 Å². The number of fused-ring (bicyclic) bond motifs is 2. The van der Waals surface area contributed by atoms with E-state index in [1.54, 1.807) is 22.7 Å². The third-order valence-corrected chi connectivity index (χ3v) is 8.38. The van der Waals surface area contributed by atoms with Gasteiger partial charge in [-0.3, -0.25) is 9.69 Å². The maximum Gasteiger partial charge on any atom is 0.256 e. The molecule has 170 valence electrons. The lowest BCUT2D eigenvalue weighted by Crippen LogP contribution is -2.35. The Balaban J connectivity index is 1.54. The van der Waals surface area contributed by atoms with Gasteiger partial charge in [-0.25, -0.2) is 4.98 Å². The lowest BCUT2D eigenvalue weighted by Gasteiger charge is -2.30. The minimum absolute atomic E-state index is 0.0815. The van der Waals surface area contributed by atoms with Crippen LogP contribution in [0.2, 0.25) is 0 Å². The summed E-state index contributed by atoms with van der Waals surface area (Å²) in [6.45, 7) is 6.43. The Morgan fingerprint density at radius 3 is 2.55 bits per heavy atom. The number of carbonyl (C=O) groups is 1. The molecule has 0 atom stereocenters. The van der Waals surface area contributed by atoms with Crippen LogP contribution in [0.4, 0.5) is 10.7 Å². The highest BCUT2D eigenvalue weighted by Crippen LogP contribution is 2.46. The molecule has 0 spiro atoms. The predicted molar refractivity (Wildman–Crippen MR) is 141 cm³/mol. The average Bonchev–Trinajstić information content (AvgIpc) is 3.38. The lowest BCUT2D eigenvalue weighted by molar-refractivity contribution is 0.102. The van der Waals surface area contributed by atoms with Crippen molar-refractivity contribution in [3.63, 3.8) is 0 Å². The number of carbonyl (C=O) groups excluding carboxylic acids is 1. The third-order valence-electron chi connectivity index (χ3n) is 6.20. The third kappa shape index (κ3) is 4.28. The molecule has 0 unspecified atom stereocenters. The molecule has 1 aliphatic heterocycles. The van der Waals surface area contributed by atoms with E-state index in [4.69, 9.17) is 4.98 Å². The Labute approximate surface area is 202 Å². The van der Waals surface area contributed by atoms with Gasteiger partial charge in [0.1, 0.15) is 10.0 Å². The van der Waals surface area contributed by atoms with Gasteiger partial charge in [0.05, 0.1) is 10.2 Å². The van der Waals surface area contributed by atoms with Gasteiger partial charge in [-0.1, -0.05) is 12.1 Å². The fourth-order valence-electron chi connectivity index (χ4n) is 4.24. The van der Waals surface area contributed by atoms with E-state index in [-0.39, 0.29) is 5.91 Å². The van der Waals surface area contributed by atoms with Gasteiger partial charge in [0, 0.05) is 54.9 Å². The van der Waals surface area contributed by atoms with Crippen LogP contribution in [0.1, 0.15) is 34.6 Å². The smallest absolute Gasteiger partial charge is 0.256 e. The summed E-state index contributed by atoms with van der Waals surface area (Å²) in [7, 11) is 3.99. The van der Waals surface area contributed by atoms with Gasteiger partial charge in [-0.15, -0.1) is 22.7 Å². The van der Waals surface area contributed by atoms with E-state index in [2.05, 4.69) is 36.2 Å². The monoisotopic (exact) mass is 476 g/mol. The number of benzene rings is 2. The van der Waals surface area contributed by atoms with Crippen LogP contribution >= 0.6 is 22.7 Å². The normalized spacial score (nSPS) is 14.0. The first-order chi connectivity index (χ1) is 15.9. The Bertz CT molecular complexity index is 1270. The van der Waals surface area contributed by atoms with E-state index >= 15 is 0 Å². The van der Waals surface area contributed by atoms with Crippen LogP contribution in [0, 0.1) is 0 Å². The zero-order valence-corrected chi connectivity index (χ0v) is 21.0. The van der Waals surface area contributed by atoms with Crippen LogP contribution in [0.25, 0.3) is 20.8 Å². The number of hydrogen-bond acceptors (Lipinski definition) is 6. The second-order valence-corrected chi connectivity index (χ2v) is 11.0. The summed E-state index contributed by atoms with van der Waals surface area (Å²) in [5.41, 5.74) is 5.19. The van der Waals surface area contributed by atoms with Gasteiger partial charge in [-0.05, 0) is 62.2 Å². The van der Waals surface area contributed by atoms with Crippen LogP contribution in [-0.2, 0) is 13.0 Å². The standard InChI is InChI=1S/C26H28N4OS2/c1-16(2)30-14-13-19-22(15-30)33-26(23(19)25-27-20-7-5-6-8-21(20)32-25)28-24(31)17-9-11-18(12-10-17)29(3)4/h5-12,16H,13-15H2,1-4H3,(H,28,31). The van der Waals surface area contributed by atoms with Crippen LogP contribution < -0.4 is 10.2 Å². The van der Waals surface area contributed by atoms with Crippen LogP contribution in [0.3, 0.4) is 0 Å². The molecule has 3 heterocycles. The van der Waals surface area contributed by atoms with Crippen molar-refractivity contribution in [2.24, 2.45) is 0 Å². The maximum absolute atomic E-state index is 13.2. The number of nitrogens with zero attached hydrogens (tertiary/aromatic N) is 3. The van der Waals surface area contributed by atoms with Crippen molar-refractivity contribution in [2.45, 2.75) is 32.9 Å².